The highest BCUT2D eigenvalue weighted by molar-refractivity contribution is 5.74. The molecule has 2 rings (SSSR count). The predicted octanol–water partition coefficient (Wildman–Crippen LogP) is 2.03. The first-order chi connectivity index (χ1) is 7.95. The lowest BCUT2D eigenvalue weighted by Gasteiger charge is -2.28. The minimum atomic E-state index is -0.0206. The fourth-order valence-corrected chi connectivity index (χ4v) is 2.63. The Morgan fingerprint density at radius 1 is 1.47 bits per heavy atom. The normalized spacial score (nSPS) is 20.8. The molecule has 17 heavy (non-hydrogen) atoms. The second kappa shape index (κ2) is 4.06. The van der Waals surface area contributed by atoms with E-state index in [-0.39, 0.29) is 17.4 Å². The Morgan fingerprint density at radius 3 is 2.76 bits per heavy atom. The molecule has 1 N–H and O–H groups in total. The maximum absolute atomic E-state index is 11.2. The van der Waals surface area contributed by atoms with Crippen molar-refractivity contribution in [2.24, 2.45) is 0 Å². The molecule has 1 unspecified atom stereocenters. The van der Waals surface area contributed by atoms with Crippen molar-refractivity contribution in [3.8, 4) is 5.75 Å². The number of methoxy groups -OCH3 is 1. The van der Waals surface area contributed by atoms with Gasteiger partial charge in [-0.05, 0) is 29.7 Å². The molecule has 0 aliphatic heterocycles. The standard InChI is InChI=1S/C14H19NO2/c1-9(16)15-13-8-10-7-11(17-4)5-6-12(10)14(13,2)3/h5-7,13H,8H2,1-4H3,(H,15,16). The van der Waals surface area contributed by atoms with Crippen molar-refractivity contribution in [2.75, 3.05) is 7.11 Å². The third-order valence-electron chi connectivity index (χ3n) is 3.68. The van der Waals surface area contributed by atoms with Crippen LogP contribution in [0.25, 0.3) is 0 Å². The summed E-state index contributed by atoms with van der Waals surface area (Å²) in [4.78, 5) is 11.2. The monoisotopic (exact) mass is 233 g/mol. The zero-order chi connectivity index (χ0) is 12.6. The lowest BCUT2D eigenvalue weighted by Crippen LogP contribution is -2.44. The second-order valence-electron chi connectivity index (χ2n) is 5.20. The molecule has 0 radical (unpaired) electrons. The van der Waals surface area contributed by atoms with Gasteiger partial charge in [0, 0.05) is 18.4 Å². The number of fused-ring (bicyclic) bond motifs is 1. The zero-order valence-corrected chi connectivity index (χ0v) is 10.8. The minimum absolute atomic E-state index is 0.0206. The molecule has 0 saturated heterocycles. The number of hydrogen-bond acceptors (Lipinski definition) is 2. The summed E-state index contributed by atoms with van der Waals surface area (Å²) in [5.74, 6) is 0.908. The van der Waals surface area contributed by atoms with Crippen LogP contribution >= 0.6 is 0 Å². The number of amides is 1. The van der Waals surface area contributed by atoms with Crippen LogP contribution in [-0.4, -0.2) is 19.1 Å². The third kappa shape index (κ3) is 2.02. The van der Waals surface area contributed by atoms with E-state index in [2.05, 4.69) is 31.3 Å². The molecule has 92 valence electrons. The Kier molecular flexibility index (Phi) is 2.86. The van der Waals surface area contributed by atoms with Gasteiger partial charge in [0.25, 0.3) is 0 Å². The van der Waals surface area contributed by atoms with Crippen molar-refractivity contribution < 1.29 is 9.53 Å². The summed E-state index contributed by atoms with van der Waals surface area (Å²) >= 11 is 0. The number of ether oxygens (including phenoxy) is 1. The lowest BCUT2D eigenvalue weighted by atomic mass is 9.83. The number of carbonyl (C=O) groups excluding carboxylic acids is 1. The Morgan fingerprint density at radius 2 is 2.18 bits per heavy atom. The number of nitrogens with one attached hydrogen (secondary N) is 1. The second-order valence-corrected chi connectivity index (χ2v) is 5.20. The van der Waals surface area contributed by atoms with Gasteiger partial charge in [0.1, 0.15) is 5.75 Å². The zero-order valence-electron chi connectivity index (χ0n) is 10.8. The van der Waals surface area contributed by atoms with Gasteiger partial charge in [-0.3, -0.25) is 4.79 Å². The predicted molar refractivity (Wildman–Crippen MR) is 67.3 cm³/mol. The first-order valence-electron chi connectivity index (χ1n) is 5.89. The summed E-state index contributed by atoms with van der Waals surface area (Å²) in [5, 5.41) is 3.04. The molecular formula is C14H19NO2. The summed E-state index contributed by atoms with van der Waals surface area (Å²) in [5.41, 5.74) is 2.55. The van der Waals surface area contributed by atoms with E-state index in [0.29, 0.717) is 0 Å². The van der Waals surface area contributed by atoms with E-state index < -0.39 is 0 Å². The van der Waals surface area contributed by atoms with Crippen molar-refractivity contribution in [1.82, 2.24) is 5.32 Å². The molecule has 1 aromatic carbocycles. The lowest BCUT2D eigenvalue weighted by molar-refractivity contribution is -0.120. The highest BCUT2D eigenvalue weighted by Crippen LogP contribution is 2.39. The van der Waals surface area contributed by atoms with E-state index in [9.17, 15) is 4.79 Å². The van der Waals surface area contributed by atoms with Crippen molar-refractivity contribution in [3.63, 3.8) is 0 Å². The molecule has 0 fully saturated rings. The molecule has 3 heteroatoms. The maximum Gasteiger partial charge on any atom is 0.217 e. The van der Waals surface area contributed by atoms with Gasteiger partial charge < -0.3 is 10.1 Å². The molecule has 0 heterocycles. The maximum atomic E-state index is 11.2. The van der Waals surface area contributed by atoms with Gasteiger partial charge in [0.15, 0.2) is 0 Å². The SMILES string of the molecule is COc1ccc2c(c1)CC(NC(C)=O)C2(C)C. The van der Waals surface area contributed by atoms with Crippen LogP contribution in [0.5, 0.6) is 5.75 Å². The van der Waals surface area contributed by atoms with Crippen molar-refractivity contribution >= 4 is 5.91 Å². The number of hydrogen-bond donors (Lipinski definition) is 1. The molecule has 0 spiro atoms. The summed E-state index contributed by atoms with van der Waals surface area (Å²) in [6.07, 6.45) is 0.874. The van der Waals surface area contributed by atoms with Gasteiger partial charge in [-0.1, -0.05) is 19.9 Å². The highest BCUT2D eigenvalue weighted by Gasteiger charge is 2.39. The van der Waals surface area contributed by atoms with Gasteiger partial charge in [-0.25, -0.2) is 0 Å². The number of benzene rings is 1. The fraction of sp³-hybridized carbons (Fsp3) is 0.500. The van der Waals surface area contributed by atoms with Crippen LogP contribution in [0.2, 0.25) is 0 Å². The van der Waals surface area contributed by atoms with Crippen LogP contribution < -0.4 is 10.1 Å². The van der Waals surface area contributed by atoms with Crippen LogP contribution in [0.4, 0.5) is 0 Å². The van der Waals surface area contributed by atoms with E-state index in [1.54, 1.807) is 14.0 Å². The molecule has 1 amide bonds. The van der Waals surface area contributed by atoms with E-state index in [0.717, 1.165) is 12.2 Å². The van der Waals surface area contributed by atoms with Gasteiger partial charge in [0.2, 0.25) is 5.91 Å². The Balaban J connectivity index is 2.35. The van der Waals surface area contributed by atoms with E-state index in [1.165, 1.54) is 11.1 Å². The van der Waals surface area contributed by atoms with Crippen molar-refractivity contribution in [3.05, 3.63) is 29.3 Å². The summed E-state index contributed by atoms with van der Waals surface area (Å²) in [6.45, 7) is 5.91. The van der Waals surface area contributed by atoms with E-state index in [1.807, 2.05) is 6.07 Å². The Hall–Kier alpha value is -1.51. The van der Waals surface area contributed by atoms with Crippen LogP contribution in [0.3, 0.4) is 0 Å². The van der Waals surface area contributed by atoms with Crippen LogP contribution in [0, 0.1) is 0 Å². The first kappa shape index (κ1) is 12.0. The van der Waals surface area contributed by atoms with Crippen LogP contribution in [0.15, 0.2) is 18.2 Å². The van der Waals surface area contributed by atoms with Gasteiger partial charge in [0.05, 0.1) is 7.11 Å². The average molecular weight is 233 g/mol. The van der Waals surface area contributed by atoms with Crippen LogP contribution in [0.1, 0.15) is 31.9 Å². The molecule has 1 aliphatic rings. The molecule has 1 aromatic rings. The summed E-state index contributed by atoms with van der Waals surface area (Å²) in [6, 6.07) is 6.33. The quantitative estimate of drug-likeness (QED) is 0.849. The minimum Gasteiger partial charge on any atom is -0.497 e. The third-order valence-corrected chi connectivity index (χ3v) is 3.68. The fourth-order valence-electron chi connectivity index (χ4n) is 2.63. The Bertz CT molecular complexity index is 452. The van der Waals surface area contributed by atoms with Gasteiger partial charge in [-0.15, -0.1) is 0 Å². The van der Waals surface area contributed by atoms with Crippen LogP contribution in [-0.2, 0) is 16.6 Å². The van der Waals surface area contributed by atoms with Gasteiger partial charge in [-0.2, -0.15) is 0 Å². The molecule has 0 saturated carbocycles. The van der Waals surface area contributed by atoms with E-state index >= 15 is 0 Å². The van der Waals surface area contributed by atoms with E-state index in [4.69, 9.17) is 4.74 Å². The number of rotatable bonds is 2. The van der Waals surface area contributed by atoms with Gasteiger partial charge >= 0.3 is 0 Å². The Labute approximate surface area is 102 Å². The van der Waals surface area contributed by atoms with Crippen molar-refractivity contribution in [1.29, 1.82) is 0 Å². The molecular weight excluding hydrogens is 214 g/mol. The molecule has 0 aromatic heterocycles. The van der Waals surface area contributed by atoms with Crippen molar-refractivity contribution in [2.45, 2.75) is 38.6 Å². The summed E-state index contributed by atoms with van der Waals surface area (Å²) < 4.78 is 5.24. The largest absolute Gasteiger partial charge is 0.497 e. The molecule has 1 aliphatic carbocycles. The summed E-state index contributed by atoms with van der Waals surface area (Å²) in [7, 11) is 1.67. The molecule has 0 bridgehead atoms. The smallest absolute Gasteiger partial charge is 0.217 e. The highest BCUT2D eigenvalue weighted by atomic mass is 16.5. The topological polar surface area (TPSA) is 38.3 Å². The first-order valence-corrected chi connectivity index (χ1v) is 5.89. The molecule has 3 nitrogen and oxygen atoms in total. The molecule has 1 atom stereocenters. The average Bonchev–Trinajstić information content (AvgIpc) is 2.49. The number of carbonyl (C=O) groups is 1.